The molecule has 0 aromatic carbocycles. The minimum atomic E-state index is 0.481. The molecule has 14 heavy (non-hydrogen) atoms. The molecule has 1 rings (SSSR count). The lowest BCUT2D eigenvalue weighted by Crippen LogP contribution is -2.25. The number of unbranched alkanes of at least 4 members (excludes halogenated alkanes) is 2. The third-order valence-electron chi connectivity index (χ3n) is 3.75. The molecule has 1 fully saturated rings. The van der Waals surface area contributed by atoms with E-state index < -0.39 is 0 Å². The Balaban J connectivity index is 2.25. The fourth-order valence-corrected chi connectivity index (χ4v) is 3.01. The van der Waals surface area contributed by atoms with E-state index in [9.17, 15) is 0 Å². The highest BCUT2D eigenvalue weighted by Gasteiger charge is 2.27. The first kappa shape index (κ1) is 12.4. The van der Waals surface area contributed by atoms with Crippen molar-refractivity contribution in [1.29, 1.82) is 0 Å². The zero-order valence-corrected chi connectivity index (χ0v) is 10.5. The van der Waals surface area contributed by atoms with Crippen molar-refractivity contribution >= 4 is 11.6 Å². The number of hydrogen-bond donors (Lipinski definition) is 0. The maximum Gasteiger partial charge on any atom is 0.0364 e. The van der Waals surface area contributed by atoms with Gasteiger partial charge in [-0.1, -0.05) is 39.5 Å². The maximum atomic E-state index is 6.38. The van der Waals surface area contributed by atoms with Crippen molar-refractivity contribution in [1.82, 2.24) is 0 Å². The fourth-order valence-electron chi connectivity index (χ4n) is 2.65. The van der Waals surface area contributed by atoms with Crippen molar-refractivity contribution in [3.05, 3.63) is 0 Å². The minimum absolute atomic E-state index is 0.481. The van der Waals surface area contributed by atoms with Crippen molar-refractivity contribution in [3.63, 3.8) is 0 Å². The van der Waals surface area contributed by atoms with Gasteiger partial charge in [-0.2, -0.15) is 0 Å². The van der Waals surface area contributed by atoms with Gasteiger partial charge < -0.3 is 0 Å². The Kier molecular flexibility index (Phi) is 5.93. The van der Waals surface area contributed by atoms with Crippen molar-refractivity contribution < 1.29 is 0 Å². The van der Waals surface area contributed by atoms with Crippen molar-refractivity contribution in [2.75, 3.05) is 0 Å². The summed E-state index contributed by atoms with van der Waals surface area (Å²) in [5.74, 6) is 1.79. The molecule has 1 heteroatoms. The molecule has 0 aliphatic heterocycles. The number of rotatable bonds is 5. The van der Waals surface area contributed by atoms with Gasteiger partial charge in [0, 0.05) is 5.38 Å². The molecule has 84 valence electrons. The highest BCUT2D eigenvalue weighted by molar-refractivity contribution is 6.20. The molecular formula is C13H25Cl. The van der Waals surface area contributed by atoms with Crippen LogP contribution in [0.1, 0.15) is 65.2 Å². The van der Waals surface area contributed by atoms with E-state index in [0.29, 0.717) is 5.38 Å². The van der Waals surface area contributed by atoms with E-state index in [1.165, 1.54) is 51.4 Å². The molecule has 3 atom stereocenters. The summed E-state index contributed by atoms with van der Waals surface area (Å²) in [6.07, 6.45) is 10.9. The quantitative estimate of drug-likeness (QED) is 0.448. The Bertz CT molecular complexity index is 144. The minimum Gasteiger partial charge on any atom is -0.123 e. The van der Waals surface area contributed by atoms with Crippen molar-refractivity contribution in [2.24, 2.45) is 11.8 Å². The molecule has 1 aliphatic carbocycles. The van der Waals surface area contributed by atoms with E-state index in [0.717, 1.165) is 11.8 Å². The first-order valence-electron chi connectivity index (χ1n) is 6.42. The summed E-state index contributed by atoms with van der Waals surface area (Å²) in [5.41, 5.74) is 0. The van der Waals surface area contributed by atoms with Gasteiger partial charge in [0.2, 0.25) is 0 Å². The molecule has 0 bridgehead atoms. The molecule has 0 spiro atoms. The van der Waals surface area contributed by atoms with E-state index >= 15 is 0 Å². The monoisotopic (exact) mass is 216 g/mol. The molecule has 1 aliphatic rings. The Morgan fingerprint density at radius 3 is 2.57 bits per heavy atom. The van der Waals surface area contributed by atoms with Gasteiger partial charge in [0.05, 0.1) is 0 Å². The van der Waals surface area contributed by atoms with Crippen LogP contribution in [-0.2, 0) is 0 Å². The summed E-state index contributed by atoms with van der Waals surface area (Å²) in [7, 11) is 0. The summed E-state index contributed by atoms with van der Waals surface area (Å²) in [6, 6.07) is 0. The van der Waals surface area contributed by atoms with Gasteiger partial charge in [-0.15, -0.1) is 11.6 Å². The van der Waals surface area contributed by atoms with Crippen LogP contribution in [-0.4, -0.2) is 5.38 Å². The maximum absolute atomic E-state index is 6.38. The second-order valence-electron chi connectivity index (χ2n) is 4.86. The van der Waals surface area contributed by atoms with Gasteiger partial charge in [-0.25, -0.2) is 0 Å². The Hall–Kier alpha value is 0.290. The second kappa shape index (κ2) is 6.71. The van der Waals surface area contributed by atoms with E-state index in [4.69, 9.17) is 11.6 Å². The number of alkyl halides is 1. The van der Waals surface area contributed by atoms with Crippen LogP contribution in [0.3, 0.4) is 0 Å². The van der Waals surface area contributed by atoms with Gasteiger partial charge in [-0.3, -0.25) is 0 Å². The average Bonchev–Trinajstić information content (AvgIpc) is 2.21. The first-order chi connectivity index (χ1) is 6.77. The zero-order valence-electron chi connectivity index (χ0n) is 9.77. The lowest BCUT2D eigenvalue weighted by atomic mass is 9.78. The zero-order chi connectivity index (χ0) is 10.4. The molecule has 0 aromatic heterocycles. The van der Waals surface area contributed by atoms with E-state index in [1.54, 1.807) is 0 Å². The molecule has 0 amide bonds. The predicted molar refractivity (Wildman–Crippen MR) is 64.9 cm³/mol. The molecule has 0 heterocycles. The first-order valence-corrected chi connectivity index (χ1v) is 6.85. The molecule has 0 saturated heterocycles. The number of hydrogen-bond acceptors (Lipinski definition) is 0. The summed E-state index contributed by atoms with van der Waals surface area (Å²) in [6.45, 7) is 4.59. The van der Waals surface area contributed by atoms with Crippen LogP contribution < -0.4 is 0 Å². The van der Waals surface area contributed by atoms with Gasteiger partial charge in [0.25, 0.3) is 0 Å². The molecule has 0 nitrogen and oxygen atoms in total. The van der Waals surface area contributed by atoms with Gasteiger partial charge in [0.1, 0.15) is 0 Å². The smallest absolute Gasteiger partial charge is 0.0364 e. The van der Waals surface area contributed by atoms with Crippen LogP contribution in [0.25, 0.3) is 0 Å². The van der Waals surface area contributed by atoms with Crippen molar-refractivity contribution in [2.45, 2.75) is 70.6 Å². The Morgan fingerprint density at radius 2 is 1.93 bits per heavy atom. The lowest BCUT2D eigenvalue weighted by Gasteiger charge is -2.32. The van der Waals surface area contributed by atoms with Crippen LogP contribution in [0, 0.1) is 11.8 Å². The van der Waals surface area contributed by atoms with Gasteiger partial charge in [-0.05, 0) is 37.5 Å². The van der Waals surface area contributed by atoms with Crippen LogP contribution in [0.4, 0.5) is 0 Å². The van der Waals surface area contributed by atoms with Crippen molar-refractivity contribution in [3.8, 4) is 0 Å². The molecule has 0 radical (unpaired) electrons. The topological polar surface area (TPSA) is 0 Å². The van der Waals surface area contributed by atoms with Crippen LogP contribution in [0.15, 0.2) is 0 Å². The molecule has 0 N–H and O–H groups in total. The fraction of sp³-hybridized carbons (Fsp3) is 1.00. The van der Waals surface area contributed by atoms with E-state index in [2.05, 4.69) is 13.8 Å². The standard InChI is InChI=1S/C13H25Cl/c1-3-5-6-7-12-10-11(4-2)8-9-13(12)14/h11-13H,3-10H2,1-2H3. The Labute approximate surface area is 94.4 Å². The number of halogens is 1. The van der Waals surface area contributed by atoms with Gasteiger partial charge in [0.15, 0.2) is 0 Å². The summed E-state index contributed by atoms with van der Waals surface area (Å²) >= 11 is 6.38. The average molecular weight is 217 g/mol. The molecule has 3 unspecified atom stereocenters. The second-order valence-corrected chi connectivity index (χ2v) is 5.42. The third-order valence-corrected chi connectivity index (χ3v) is 4.33. The summed E-state index contributed by atoms with van der Waals surface area (Å²) in [5, 5.41) is 0.481. The predicted octanol–water partition coefficient (Wildman–Crippen LogP) is 5.00. The van der Waals surface area contributed by atoms with Crippen LogP contribution >= 0.6 is 11.6 Å². The highest BCUT2D eigenvalue weighted by atomic mass is 35.5. The largest absolute Gasteiger partial charge is 0.123 e. The van der Waals surface area contributed by atoms with E-state index in [1.807, 2.05) is 0 Å². The lowest BCUT2D eigenvalue weighted by molar-refractivity contribution is 0.250. The normalized spacial score (nSPS) is 33.2. The van der Waals surface area contributed by atoms with Crippen LogP contribution in [0.5, 0.6) is 0 Å². The molecular weight excluding hydrogens is 192 g/mol. The van der Waals surface area contributed by atoms with E-state index in [-0.39, 0.29) is 0 Å². The molecule has 0 aromatic rings. The highest BCUT2D eigenvalue weighted by Crippen LogP contribution is 2.36. The molecule has 1 saturated carbocycles. The Morgan fingerprint density at radius 1 is 1.14 bits per heavy atom. The van der Waals surface area contributed by atoms with Gasteiger partial charge >= 0.3 is 0 Å². The third kappa shape index (κ3) is 3.81. The summed E-state index contributed by atoms with van der Waals surface area (Å²) < 4.78 is 0. The SMILES string of the molecule is CCCCCC1CC(CC)CCC1Cl. The van der Waals surface area contributed by atoms with Crippen LogP contribution in [0.2, 0.25) is 0 Å². The summed E-state index contributed by atoms with van der Waals surface area (Å²) in [4.78, 5) is 0.